The third-order valence-electron chi connectivity index (χ3n) is 3.95. The van der Waals surface area contributed by atoms with E-state index >= 15 is 0 Å². The summed E-state index contributed by atoms with van der Waals surface area (Å²) in [6, 6.07) is 11.5. The lowest BCUT2D eigenvalue weighted by atomic mass is 9.93. The van der Waals surface area contributed by atoms with E-state index in [4.69, 9.17) is 9.47 Å². The van der Waals surface area contributed by atoms with Gasteiger partial charge in [-0.2, -0.15) is 0 Å². The second kappa shape index (κ2) is 8.34. The molecule has 0 aliphatic rings. The Labute approximate surface area is 141 Å². The molecular weight excluding hydrogens is 309 g/mol. The first-order valence-corrected chi connectivity index (χ1v) is 7.84. The maximum atomic E-state index is 13.0. The van der Waals surface area contributed by atoms with Crippen molar-refractivity contribution in [3.05, 3.63) is 53.8 Å². The van der Waals surface area contributed by atoms with Gasteiger partial charge in [0, 0.05) is 12.5 Å². The Bertz CT molecular complexity index is 686. The highest BCUT2D eigenvalue weighted by atomic mass is 19.1. The van der Waals surface area contributed by atoms with Gasteiger partial charge in [-0.25, -0.2) is 4.39 Å². The average molecular weight is 331 g/mol. The van der Waals surface area contributed by atoms with Crippen LogP contribution in [-0.4, -0.2) is 20.1 Å². The molecule has 2 aromatic rings. The van der Waals surface area contributed by atoms with Gasteiger partial charge in [-0.05, 0) is 42.2 Å². The van der Waals surface area contributed by atoms with Gasteiger partial charge < -0.3 is 14.8 Å². The number of carbonyl (C=O) groups is 1. The average Bonchev–Trinajstić information content (AvgIpc) is 2.60. The molecule has 24 heavy (non-hydrogen) atoms. The van der Waals surface area contributed by atoms with E-state index in [0.717, 1.165) is 12.0 Å². The van der Waals surface area contributed by atoms with E-state index in [2.05, 4.69) is 5.32 Å². The van der Waals surface area contributed by atoms with Crippen molar-refractivity contribution in [2.75, 3.05) is 19.5 Å². The van der Waals surface area contributed by atoms with Gasteiger partial charge in [-0.1, -0.05) is 19.1 Å². The number of methoxy groups -OCH3 is 2. The van der Waals surface area contributed by atoms with Crippen LogP contribution >= 0.6 is 0 Å². The first kappa shape index (κ1) is 17.8. The summed E-state index contributed by atoms with van der Waals surface area (Å²) in [5.74, 6) is 0.839. The predicted molar refractivity (Wildman–Crippen MR) is 92.2 cm³/mol. The molecule has 1 atom stereocenters. The number of rotatable bonds is 7. The van der Waals surface area contributed by atoms with Gasteiger partial charge in [0.15, 0.2) is 0 Å². The fraction of sp³-hybridized carbons (Fsp3) is 0.316. The lowest BCUT2D eigenvalue weighted by Gasteiger charge is -2.16. The number of hydrogen-bond acceptors (Lipinski definition) is 3. The number of carbonyl (C=O) groups excluding carboxylic acids is 1. The van der Waals surface area contributed by atoms with E-state index < -0.39 is 0 Å². The predicted octanol–water partition coefficient (Wildman–Crippen LogP) is 4.37. The van der Waals surface area contributed by atoms with Crippen molar-refractivity contribution in [2.24, 2.45) is 0 Å². The van der Waals surface area contributed by atoms with Gasteiger partial charge in [0.05, 0.1) is 19.9 Å². The van der Waals surface area contributed by atoms with Crippen molar-refractivity contribution in [3.63, 3.8) is 0 Å². The number of amides is 1. The summed E-state index contributed by atoms with van der Waals surface area (Å²) in [7, 11) is 3.11. The van der Waals surface area contributed by atoms with Crippen LogP contribution in [0.25, 0.3) is 0 Å². The molecule has 1 N–H and O–H groups in total. The number of benzene rings is 2. The Morgan fingerprint density at radius 3 is 2.42 bits per heavy atom. The third-order valence-corrected chi connectivity index (χ3v) is 3.95. The lowest BCUT2D eigenvalue weighted by Crippen LogP contribution is -2.16. The van der Waals surface area contributed by atoms with Crippen LogP contribution in [0.2, 0.25) is 0 Å². The molecule has 1 unspecified atom stereocenters. The maximum absolute atomic E-state index is 13.0. The summed E-state index contributed by atoms with van der Waals surface area (Å²) in [5, 5.41) is 2.87. The van der Waals surface area contributed by atoms with Crippen LogP contribution in [0.5, 0.6) is 11.5 Å². The molecule has 0 spiro atoms. The Balaban J connectivity index is 2.07. The van der Waals surface area contributed by atoms with Gasteiger partial charge >= 0.3 is 0 Å². The van der Waals surface area contributed by atoms with E-state index in [1.54, 1.807) is 37.4 Å². The third kappa shape index (κ3) is 4.47. The van der Waals surface area contributed by atoms with Gasteiger partial charge in [-0.3, -0.25) is 4.79 Å². The molecule has 5 heteroatoms. The molecule has 0 saturated carbocycles. The Hall–Kier alpha value is -2.56. The molecule has 4 nitrogen and oxygen atoms in total. The Morgan fingerprint density at radius 2 is 1.83 bits per heavy atom. The number of hydrogen-bond donors (Lipinski definition) is 1. The van der Waals surface area contributed by atoms with Crippen molar-refractivity contribution in [3.8, 4) is 11.5 Å². The zero-order valence-electron chi connectivity index (χ0n) is 14.1. The standard InChI is InChI=1S/C19H22FNO3/c1-4-13(14-5-7-15(20)8-6-14)11-19(22)21-17-10-9-16(23-2)12-18(17)24-3/h5-10,12-13H,4,11H2,1-3H3,(H,21,22). The van der Waals surface area contributed by atoms with E-state index in [0.29, 0.717) is 23.6 Å². The van der Waals surface area contributed by atoms with Crippen molar-refractivity contribution < 1.29 is 18.7 Å². The molecule has 1 amide bonds. The summed E-state index contributed by atoms with van der Waals surface area (Å²) >= 11 is 0. The Morgan fingerprint density at radius 1 is 1.12 bits per heavy atom. The van der Waals surface area contributed by atoms with Gasteiger partial charge in [0.25, 0.3) is 0 Å². The van der Waals surface area contributed by atoms with E-state index in [1.807, 2.05) is 6.92 Å². The van der Waals surface area contributed by atoms with Crippen molar-refractivity contribution in [2.45, 2.75) is 25.7 Å². The second-order valence-corrected chi connectivity index (χ2v) is 5.48. The molecule has 0 heterocycles. The molecule has 0 saturated heterocycles. The maximum Gasteiger partial charge on any atom is 0.225 e. The molecule has 2 aromatic carbocycles. The quantitative estimate of drug-likeness (QED) is 0.820. The highest BCUT2D eigenvalue weighted by Crippen LogP contribution is 2.30. The van der Waals surface area contributed by atoms with Gasteiger partial charge in [0.1, 0.15) is 17.3 Å². The van der Waals surface area contributed by atoms with Crippen LogP contribution in [0.1, 0.15) is 31.2 Å². The summed E-state index contributed by atoms with van der Waals surface area (Å²) in [4.78, 5) is 12.4. The minimum Gasteiger partial charge on any atom is -0.497 e. The van der Waals surface area contributed by atoms with Crippen LogP contribution in [-0.2, 0) is 4.79 Å². The zero-order chi connectivity index (χ0) is 17.5. The smallest absolute Gasteiger partial charge is 0.225 e. The highest BCUT2D eigenvalue weighted by Gasteiger charge is 2.16. The molecule has 0 aromatic heterocycles. The summed E-state index contributed by atoms with van der Waals surface area (Å²) in [6.07, 6.45) is 1.11. The zero-order valence-corrected chi connectivity index (χ0v) is 14.1. The minimum atomic E-state index is -0.277. The highest BCUT2D eigenvalue weighted by molar-refractivity contribution is 5.92. The molecule has 0 bridgehead atoms. The number of nitrogens with one attached hydrogen (secondary N) is 1. The SMILES string of the molecule is CCC(CC(=O)Nc1ccc(OC)cc1OC)c1ccc(F)cc1. The number of ether oxygens (including phenoxy) is 2. The molecule has 0 aliphatic heterocycles. The number of halogens is 1. The lowest BCUT2D eigenvalue weighted by molar-refractivity contribution is -0.116. The Kier molecular flexibility index (Phi) is 6.18. The van der Waals surface area contributed by atoms with Crippen LogP contribution in [0.3, 0.4) is 0 Å². The second-order valence-electron chi connectivity index (χ2n) is 5.48. The normalized spacial score (nSPS) is 11.7. The van der Waals surface area contributed by atoms with Crippen LogP contribution in [0, 0.1) is 5.82 Å². The molecule has 0 radical (unpaired) electrons. The van der Waals surface area contributed by atoms with Gasteiger partial charge in [-0.15, -0.1) is 0 Å². The summed E-state index contributed by atoms with van der Waals surface area (Å²) in [5.41, 5.74) is 1.55. The number of anilines is 1. The van der Waals surface area contributed by atoms with E-state index in [-0.39, 0.29) is 17.6 Å². The molecule has 128 valence electrons. The molecular formula is C19H22FNO3. The molecule has 0 fully saturated rings. The van der Waals surface area contributed by atoms with Gasteiger partial charge in [0.2, 0.25) is 5.91 Å². The molecule has 0 aliphatic carbocycles. The summed E-state index contributed by atoms with van der Waals surface area (Å²) in [6.45, 7) is 2.01. The first-order chi connectivity index (χ1) is 11.6. The topological polar surface area (TPSA) is 47.6 Å². The first-order valence-electron chi connectivity index (χ1n) is 7.84. The van der Waals surface area contributed by atoms with Crippen molar-refractivity contribution >= 4 is 11.6 Å². The van der Waals surface area contributed by atoms with Crippen LogP contribution < -0.4 is 14.8 Å². The van der Waals surface area contributed by atoms with E-state index in [1.165, 1.54) is 19.2 Å². The monoisotopic (exact) mass is 331 g/mol. The minimum absolute atomic E-state index is 0.0369. The largest absolute Gasteiger partial charge is 0.497 e. The van der Waals surface area contributed by atoms with Crippen molar-refractivity contribution in [1.82, 2.24) is 0 Å². The fourth-order valence-electron chi connectivity index (χ4n) is 2.56. The van der Waals surface area contributed by atoms with Crippen LogP contribution in [0.15, 0.2) is 42.5 Å². The van der Waals surface area contributed by atoms with Crippen LogP contribution in [0.4, 0.5) is 10.1 Å². The van der Waals surface area contributed by atoms with Crippen molar-refractivity contribution in [1.29, 1.82) is 0 Å². The fourth-order valence-corrected chi connectivity index (χ4v) is 2.56. The van der Waals surface area contributed by atoms with E-state index in [9.17, 15) is 9.18 Å². The summed E-state index contributed by atoms with van der Waals surface area (Å²) < 4.78 is 23.5. The molecule has 2 rings (SSSR count).